The van der Waals surface area contributed by atoms with E-state index in [0.717, 1.165) is 16.7 Å². The van der Waals surface area contributed by atoms with Gasteiger partial charge in [0.25, 0.3) is 11.5 Å². The zero-order chi connectivity index (χ0) is 23.3. The van der Waals surface area contributed by atoms with E-state index in [1.807, 2.05) is 43.3 Å². The van der Waals surface area contributed by atoms with Crippen LogP contribution in [0.1, 0.15) is 62.2 Å². The third kappa shape index (κ3) is 5.39. The molecule has 6 heteroatoms. The Bertz CT molecular complexity index is 1160. The molecule has 0 bridgehead atoms. The van der Waals surface area contributed by atoms with Crippen molar-refractivity contribution in [2.45, 2.75) is 39.2 Å². The minimum absolute atomic E-state index is 0.0730. The summed E-state index contributed by atoms with van der Waals surface area (Å²) < 4.78 is 0. The van der Waals surface area contributed by atoms with Crippen LogP contribution < -0.4 is 10.9 Å². The van der Waals surface area contributed by atoms with Crippen molar-refractivity contribution < 1.29 is 14.7 Å². The lowest BCUT2D eigenvalue weighted by Crippen LogP contribution is -2.34. The number of benzene rings is 2. The lowest BCUT2D eigenvalue weighted by molar-refractivity contribution is 0.0921. The van der Waals surface area contributed by atoms with Crippen LogP contribution in [0.4, 0.5) is 0 Å². The maximum atomic E-state index is 13.1. The third-order valence-electron chi connectivity index (χ3n) is 5.59. The molecule has 0 aliphatic carbocycles. The number of amides is 1. The van der Waals surface area contributed by atoms with Crippen LogP contribution in [0.3, 0.4) is 0 Å². The van der Waals surface area contributed by atoms with Gasteiger partial charge < -0.3 is 15.4 Å². The number of aromatic nitrogens is 1. The van der Waals surface area contributed by atoms with Crippen LogP contribution in [0.2, 0.25) is 0 Å². The second-order valence-electron chi connectivity index (χ2n) is 8.12. The molecular formula is C26H28N2O4. The molecule has 3 aromatic rings. The van der Waals surface area contributed by atoms with E-state index in [-0.39, 0.29) is 42.2 Å². The van der Waals surface area contributed by atoms with Gasteiger partial charge in [-0.25, -0.2) is 0 Å². The Morgan fingerprint density at radius 2 is 1.69 bits per heavy atom. The number of aliphatic hydroxyl groups excluding tert-OH is 1. The van der Waals surface area contributed by atoms with Crippen LogP contribution in [-0.4, -0.2) is 34.4 Å². The maximum Gasteiger partial charge on any atom is 0.251 e. The zero-order valence-corrected chi connectivity index (χ0v) is 18.5. The summed E-state index contributed by atoms with van der Waals surface area (Å²) >= 11 is 0. The van der Waals surface area contributed by atoms with E-state index in [9.17, 15) is 14.4 Å². The number of Topliss-reactive ketones (excluding diaryl/α,β-unsaturated/α-hetero) is 1. The Labute approximate surface area is 187 Å². The molecule has 0 aliphatic heterocycles. The lowest BCUT2D eigenvalue weighted by Gasteiger charge is -2.20. The molecular weight excluding hydrogens is 404 g/mol. The number of rotatable bonds is 8. The summed E-state index contributed by atoms with van der Waals surface area (Å²) in [5.74, 6) is -0.536. The lowest BCUT2D eigenvalue weighted by atomic mass is 9.83. The van der Waals surface area contributed by atoms with E-state index in [1.54, 1.807) is 32.0 Å². The molecule has 0 radical (unpaired) electrons. The van der Waals surface area contributed by atoms with Gasteiger partial charge in [0.1, 0.15) is 0 Å². The fraction of sp³-hybridized carbons (Fsp3) is 0.269. The normalized spacial score (nSPS) is 12.8. The molecule has 0 spiro atoms. The zero-order valence-electron chi connectivity index (χ0n) is 18.5. The number of aryl methyl sites for hydroxylation is 2. The second-order valence-corrected chi connectivity index (χ2v) is 8.12. The standard InChI is InChI=1S/C26H28N2O4/c1-16-6-4-5-7-22(16)23(13-24(30)21-12-17(2)25(31)27-14-21)19-8-10-20(11-9-19)26(32)28-18(3)15-29/h4-12,14,18,23,29H,13,15H2,1-3H3,(H,27,31)(H,28,32)/t18-,23?/m0/s1. The van der Waals surface area contributed by atoms with Crippen molar-refractivity contribution in [3.05, 3.63) is 105 Å². The summed E-state index contributed by atoms with van der Waals surface area (Å²) in [7, 11) is 0. The van der Waals surface area contributed by atoms with Gasteiger partial charge in [-0.1, -0.05) is 36.4 Å². The Kier molecular flexibility index (Phi) is 7.38. The van der Waals surface area contributed by atoms with Crippen molar-refractivity contribution in [2.24, 2.45) is 0 Å². The van der Waals surface area contributed by atoms with Crippen LogP contribution in [0.15, 0.2) is 65.6 Å². The number of hydrogen-bond acceptors (Lipinski definition) is 4. The molecule has 32 heavy (non-hydrogen) atoms. The molecule has 0 saturated heterocycles. The molecule has 3 N–H and O–H groups in total. The number of carbonyl (C=O) groups excluding carboxylic acids is 2. The first kappa shape index (κ1) is 23.2. The molecule has 1 amide bonds. The Morgan fingerprint density at radius 3 is 2.31 bits per heavy atom. The molecule has 166 valence electrons. The fourth-order valence-corrected chi connectivity index (χ4v) is 3.67. The SMILES string of the molecule is Cc1ccccc1C(CC(=O)c1c[nH]c(=O)c(C)c1)c1ccc(C(=O)N[C@@H](C)CO)cc1. The number of aromatic amines is 1. The molecule has 6 nitrogen and oxygen atoms in total. The van der Waals surface area contributed by atoms with Crippen molar-refractivity contribution >= 4 is 11.7 Å². The van der Waals surface area contributed by atoms with Crippen molar-refractivity contribution in [2.75, 3.05) is 6.61 Å². The van der Waals surface area contributed by atoms with Gasteiger partial charge in [0.2, 0.25) is 0 Å². The predicted molar refractivity (Wildman–Crippen MR) is 124 cm³/mol. The van der Waals surface area contributed by atoms with Crippen LogP contribution in [-0.2, 0) is 0 Å². The number of nitrogens with one attached hydrogen (secondary N) is 2. The van der Waals surface area contributed by atoms with Crippen molar-refractivity contribution in [1.29, 1.82) is 0 Å². The molecule has 2 aromatic carbocycles. The Balaban J connectivity index is 1.92. The van der Waals surface area contributed by atoms with Crippen LogP contribution in [0, 0.1) is 13.8 Å². The quantitative estimate of drug-likeness (QED) is 0.474. The van der Waals surface area contributed by atoms with Gasteiger partial charge in [-0.2, -0.15) is 0 Å². The average Bonchev–Trinajstić information content (AvgIpc) is 2.79. The van der Waals surface area contributed by atoms with E-state index in [2.05, 4.69) is 10.3 Å². The van der Waals surface area contributed by atoms with Gasteiger partial charge in [-0.05, 0) is 55.7 Å². The summed E-state index contributed by atoms with van der Waals surface area (Å²) in [6, 6.07) is 16.4. The summed E-state index contributed by atoms with van der Waals surface area (Å²) in [5.41, 5.74) is 4.27. The number of pyridine rings is 1. The largest absolute Gasteiger partial charge is 0.394 e. The monoisotopic (exact) mass is 432 g/mol. The van der Waals surface area contributed by atoms with E-state index in [0.29, 0.717) is 16.7 Å². The smallest absolute Gasteiger partial charge is 0.251 e. The molecule has 0 aliphatic rings. The highest BCUT2D eigenvalue weighted by Gasteiger charge is 2.22. The van der Waals surface area contributed by atoms with E-state index in [4.69, 9.17) is 5.11 Å². The first-order valence-corrected chi connectivity index (χ1v) is 10.6. The number of hydrogen-bond donors (Lipinski definition) is 3. The highest BCUT2D eigenvalue weighted by molar-refractivity contribution is 5.97. The van der Waals surface area contributed by atoms with Crippen LogP contribution in [0.25, 0.3) is 0 Å². The predicted octanol–water partition coefficient (Wildman–Crippen LogP) is 3.51. The van der Waals surface area contributed by atoms with Gasteiger partial charge in [0.05, 0.1) is 6.61 Å². The molecule has 1 heterocycles. The first-order chi connectivity index (χ1) is 15.3. The van der Waals surface area contributed by atoms with E-state index >= 15 is 0 Å². The number of carbonyl (C=O) groups is 2. The Hall–Kier alpha value is -3.51. The van der Waals surface area contributed by atoms with Gasteiger partial charge in [-0.15, -0.1) is 0 Å². The summed E-state index contributed by atoms with van der Waals surface area (Å²) in [6.07, 6.45) is 1.69. The van der Waals surface area contributed by atoms with Crippen LogP contribution >= 0.6 is 0 Å². The molecule has 1 unspecified atom stereocenters. The molecule has 0 saturated carbocycles. The van der Waals surface area contributed by atoms with E-state index in [1.165, 1.54) is 6.20 Å². The van der Waals surface area contributed by atoms with Gasteiger partial charge in [0.15, 0.2) is 5.78 Å². The van der Waals surface area contributed by atoms with Crippen molar-refractivity contribution in [3.63, 3.8) is 0 Å². The minimum atomic E-state index is -0.333. The summed E-state index contributed by atoms with van der Waals surface area (Å²) in [6.45, 7) is 5.28. The van der Waals surface area contributed by atoms with E-state index < -0.39 is 0 Å². The first-order valence-electron chi connectivity index (χ1n) is 10.6. The second kappa shape index (κ2) is 10.2. The summed E-state index contributed by atoms with van der Waals surface area (Å²) in [4.78, 5) is 39.7. The number of aliphatic hydroxyl groups is 1. The highest BCUT2D eigenvalue weighted by atomic mass is 16.3. The summed E-state index contributed by atoms with van der Waals surface area (Å²) in [5, 5.41) is 11.9. The maximum absolute atomic E-state index is 13.1. The van der Waals surface area contributed by atoms with Crippen LogP contribution in [0.5, 0.6) is 0 Å². The fourth-order valence-electron chi connectivity index (χ4n) is 3.67. The minimum Gasteiger partial charge on any atom is -0.394 e. The number of H-pyrrole nitrogens is 1. The average molecular weight is 433 g/mol. The van der Waals surface area contributed by atoms with Gasteiger partial charge in [-0.3, -0.25) is 14.4 Å². The third-order valence-corrected chi connectivity index (χ3v) is 5.59. The molecule has 0 fully saturated rings. The number of ketones is 1. The van der Waals surface area contributed by atoms with Crippen molar-refractivity contribution in [3.8, 4) is 0 Å². The molecule has 3 rings (SSSR count). The topological polar surface area (TPSA) is 99.3 Å². The van der Waals surface area contributed by atoms with Gasteiger partial charge >= 0.3 is 0 Å². The van der Waals surface area contributed by atoms with Crippen molar-refractivity contribution in [1.82, 2.24) is 10.3 Å². The highest BCUT2D eigenvalue weighted by Crippen LogP contribution is 2.31. The molecule has 2 atom stereocenters. The van der Waals surface area contributed by atoms with Gasteiger partial charge in [0, 0.05) is 41.3 Å². The molecule has 1 aromatic heterocycles. The Morgan fingerprint density at radius 1 is 1.00 bits per heavy atom.